The van der Waals surface area contributed by atoms with Gasteiger partial charge in [0, 0.05) is 22.7 Å². The molecule has 0 fully saturated rings. The zero-order valence-electron chi connectivity index (χ0n) is 16.4. The Kier molecular flexibility index (Phi) is 7.91. The van der Waals surface area contributed by atoms with Gasteiger partial charge in [0.1, 0.15) is 11.6 Å². The van der Waals surface area contributed by atoms with Crippen LogP contribution in [0.25, 0.3) is 0 Å². The van der Waals surface area contributed by atoms with Crippen LogP contribution in [0.4, 0.5) is 0 Å². The molecule has 0 bridgehead atoms. The van der Waals surface area contributed by atoms with Gasteiger partial charge in [-0.05, 0) is 43.2 Å². The molecule has 1 N–H and O–H groups in total. The summed E-state index contributed by atoms with van der Waals surface area (Å²) in [6.45, 7) is 3.64. The highest BCUT2D eigenvalue weighted by Gasteiger charge is 2.10. The molecule has 3 nitrogen and oxygen atoms in total. The van der Waals surface area contributed by atoms with Crippen molar-refractivity contribution in [2.45, 2.75) is 20.0 Å². The number of hydrogen-bond donors (Lipinski definition) is 1. The van der Waals surface area contributed by atoms with Gasteiger partial charge in [-0.15, -0.1) is 0 Å². The fraction of sp³-hybridized carbons (Fsp3) is 0.208. The zero-order valence-corrected chi connectivity index (χ0v) is 17.9. The summed E-state index contributed by atoms with van der Waals surface area (Å²) in [6, 6.07) is 23.7. The maximum absolute atomic E-state index is 6.21. The Morgan fingerprint density at radius 2 is 1.69 bits per heavy atom. The van der Waals surface area contributed by atoms with Gasteiger partial charge in [0.15, 0.2) is 11.5 Å². The number of thiocarbonyl (C=S) groups is 1. The van der Waals surface area contributed by atoms with Crippen LogP contribution in [0.3, 0.4) is 0 Å². The minimum atomic E-state index is 0.374. The highest BCUT2D eigenvalue weighted by molar-refractivity contribution is 7.80. The Labute approximate surface area is 182 Å². The molecule has 5 heteroatoms. The molecule has 3 aromatic carbocycles. The number of halogens is 1. The van der Waals surface area contributed by atoms with Crippen LogP contribution in [0.2, 0.25) is 5.02 Å². The van der Waals surface area contributed by atoms with E-state index in [2.05, 4.69) is 17.4 Å². The molecule has 0 unspecified atom stereocenters. The van der Waals surface area contributed by atoms with Gasteiger partial charge in [0.05, 0.1) is 6.61 Å². The second-order valence-electron chi connectivity index (χ2n) is 6.47. The molecule has 0 saturated heterocycles. The molecule has 150 valence electrons. The Morgan fingerprint density at radius 3 is 2.45 bits per heavy atom. The molecule has 29 heavy (non-hydrogen) atoms. The molecule has 3 aromatic rings. The van der Waals surface area contributed by atoms with Crippen LogP contribution in [0.15, 0.2) is 72.8 Å². The van der Waals surface area contributed by atoms with E-state index in [0.29, 0.717) is 34.7 Å². The molecule has 0 aliphatic carbocycles. The van der Waals surface area contributed by atoms with Gasteiger partial charge in [-0.2, -0.15) is 0 Å². The van der Waals surface area contributed by atoms with Crippen molar-refractivity contribution in [1.82, 2.24) is 5.32 Å². The van der Waals surface area contributed by atoms with Crippen molar-refractivity contribution in [2.75, 3.05) is 13.2 Å². The van der Waals surface area contributed by atoms with Crippen LogP contribution in [0.1, 0.15) is 23.6 Å². The van der Waals surface area contributed by atoms with Gasteiger partial charge in [-0.25, -0.2) is 0 Å². The molecular formula is C24H24ClNO2S. The number of hydrogen-bond acceptors (Lipinski definition) is 3. The minimum Gasteiger partial charge on any atom is -0.490 e. The normalized spacial score (nSPS) is 10.4. The zero-order chi connectivity index (χ0) is 20.5. The largest absolute Gasteiger partial charge is 0.490 e. The fourth-order valence-electron chi connectivity index (χ4n) is 2.87. The Hall–Kier alpha value is -2.56. The molecular weight excluding hydrogens is 402 g/mol. The monoisotopic (exact) mass is 425 g/mol. The quantitative estimate of drug-likeness (QED) is 0.437. The van der Waals surface area contributed by atoms with Crippen LogP contribution in [-0.4, -0.2) is 18.1 Å². The number of ether oxygens (including phenoxy) is 2. The summed E-state index contributed by atoms with van der Waals surface area (Å²) in [7, 11) is 0. The first-order valence-electron chi connectivity index (χ1n) is 9.62. The van der Waals surface area contributed by atoms with Crippen LogP contribution >= 0.6 is 23.8 Å². The van der Waals surface area contributed by atoms with Gasteiger partial charge in [-0.3, -0.25) is 0 Å². The van der Waals surface area contributed by atoms with Gasteiger partial charge in [0.25, 0.3) is 0 Å². The Morgan fingerprint density at radius 1 is 0.931 bits per heavy atom. The summed E-state index contributed by atoms with van der Waals surface area (Å²) in [4.78, 5) is 0.694. The third kappa shape index (κ3) is 6.21. The van der Waals surface area contributed by atoms with Gasteiger partial charge in [-0.1, -0.05) is 72.3 Å². The van der Waals surface area contributed by atoms with Crippen LogP contribution in [-0.2, 0) is 13.0 Å². The summed E-state index contributed by atoms with van der Waals surface area (Å²) in [5, 5.41) is 4.01. The average Bonchev–Trinajstić information content (AvgIpc) is 2.74. The molecule has 0 atom stereocenters. The summed E-state index contributed by atoms with van der Waals surface area (Å²) < 4.78 is 11.7. The molecule has 3 rings (SSSR count). The summed E-state index contributed by atoms with van der Waals surface area (Å²) in [5.74, 6) is 1.34. The Bertz CT molecular complexity index is 947. The highest BCUT2D eigenvalue weighted by Crippen LogP contribution is 2.30. The molecule has 0 radical (unpaired) electrons. The van der Waals surface area contributed by atoms with E-state index in [-0.39, 0.29) is 0 Å². The van der Waals surface area contributed by atoms with Crippen LogP contribution < -0.4 is 14.8 Å². The molecule has 0 aromatic heterocycles. The highest BCUT2D eigenvalue weighted by atomic mass is 35.5. The standard InChI is InChI=1S/C24H24ClNO2S/c1-2-27-23-16-19(24(29)26-15-14-18-8-4-3-5-9-18)12-13-22(23)28-17-20-10-6-7-11-21(20)25/h3-13,16H,2,14-15,17H2,1H3,(H,26,29). The van der Waals surface area contributed by atoms with E-state index in [9.17, 15) is 0 Å². The predicted octanol–water partition coefficient (Wildman–Crippen LogP) is 5.83. The lowest BCUT2D eigenvalue weighted by atomic mass is 10.1. The summed E-state index contributed by atoms with van der Waals surface area (Å²) in [5.41, 5.74) is 3.11. The molecule has 0 heterocycles. The maximum atomic E-state index is 6.21. The minimum absolute atomic E-state index is 0.374. The summed E-state index contributed by atoms with van der Waals surface area (Å²) in [6.07, 6.45) is 0.915. The van der Waals surface area contributed by atoms with Crippen molar-refractivity contribution in [3.8, 4) is 11.5 Å². The third-order valence-corrected chi connectivity index (χ3v) is 5.14. The number of rotatable bonds is 9. The predicted molar refractivity (Wildman–Crippen MR) is 123 cm³/mol. The molecule has 0 saturated carbocycles. The second-order valence-corrected chi connectivity index (χ2v) is 7.28. The molecule has 0 amide bonds. The van der Waals surface area contributed by atoms with Crippen molar-refractivity contribution in [3.05, 3.63) is 94.5 Å². The molecule has 0 spiro atoms. The van der Waals surface area contributed by atoms with E-state index < -0.39 is 0 Å². The van der Waals surface area contributed by atoms with E-state index in [4.69, 9.17) is 33.3 Å². The molecule has 0 aliphatic rings. The average molecular weight is 426 g/mol. The van der Waals surface area contributed by atoms with Crippen molar-refractivity contribution in [3.63, 3.8) is 0 Å². The smallest absolute Gasteiger partial charge is 0.161 e. The topological polar surface area (TPSA) is 30.5 Å². The van der Waals surface area contributed by atoms with Gasteiger partial charge >= 0.3 is 0 Å². The van der Waals surface area contributed by atoms with Crippen molar-refractivity contribution >= 4 is 28.8 Å². The number of nitrogens with one attached hydrogen (secondary N) is 1. The lowest BCUT2D eigenvalue weighted by molar-refractivity contribution is 0.269. The lowest BCUT2D eigenvalue weighted by Crippen LogP contribution is -2.24. The summed E-state index contributed by atoms with van der Waals surface area (Å²) >= 11 is 11.8. The van der Waals surface area contributed by atoms with Crippen molar-refractivity contribution in [2.24, 2.45) is 0 Å². The third-order valence-electron chi connectivity index (χ3n) is 4.39. The van der Waals surface area contributed by atoms with Gasteiger partial charge < -0.3 is 14.8 Å². The maximum Gasteiger partial charge on any atom is 0.161 e. The second kappa shape index (κ2) is 10.8. The van der Waals surface area contributed by atoms with E-state index in [0.717, 1.165) is 24.1 Å². The first kappa shape index (κ1) is 21.2. The van der Waals surface area contributed by atoms with E-state index in [1.807, 2.05) is 67.6 Å². The SMILES string of the molecule is CCOc1cc(C(=S)NCCc2ccccc2)ccc1OCc1ccccc1Cl. The van der Waals surface area contributed by atoms with Gasteiger partial charge in [0.2, 0.25) is 0 Å². The van der Waals surface area contributed by atoms with E-state index in [1.165, 1.54) is 5.56 Å². The Balaban J connectivity index is 1.63. The number of benzene rings is 3. The van der Waals surface area contributed by atoms with E-state index in [1.54, 1.807) is 0 Å². The first-order chi connectivity index (χ1) is 14.2. The fourth-order valence-corrected chi connectivity index (χ4v) is 3.29. The van der Waals surface area contributed by atoms with Crippen molar-refractivity contribution < 1.29 is 9.47 Å². The van der Waals surface area contributed by atoms with Crippen LogP contribution in [0.5, 0.6) is 11.5 Å². The van der Waals surface area contributed by atoms with Crippen molar-refractivity contribution in [1.29, 1.82) is 0 Å². The molecule has 0 aliphatic heterocycles. The first-order valence-corrected chi connectivity index (χ1v) is 10.4. The van der Waals surface area contributed by atoms with Crippen LogP contribution in [0, 0.1) is 0 Å². The van der Waals surface area contributed by atoms with E-state index >= 15 is 0 Å². The lowest BCUT2D eigenvalue weighted by Gasteiger charge is -2.15.